The van der Waals surface area contributed by atoms with Gasteiger partial charge in [-0.15, -0.1) is 0 Å². The Balaban J connectivity index is 1.85. The molecule has 2 N–H and O–H groups in total. The number of anilines is 1. The third-order valence-corrected chi connectivity index (χ3v) is 5.04. The lowest BCUT2D eigenvalue weighted by atomic mass is 9.73. The van der Waals surface area contributed by atoms with Crippen LogP contribution in [0.25, 0.3) is 11.2 Å². The molecule has 2 aromatic heterocycles. The number of nitrogens with two attached hydrogens (primary N) is 1. The number of carbonyl (C=O) groups excluding carboxylic acids is 1. The van der Waals surface area contributed by atoms with Gasteiger partial charge in [0.2, 0.25) is 5.28 Å². The predicted molar refractivity (Wildman–Crippen MR) is 86.8 cm³/mol. The Bertz CT molecular complexity index is 732. The van der Waals surface area contributed by atoms with E-state index < -0.39 is 0 Å². The lowest BCUT2D eigenvalue weighted by molar-refractivity contribution is -0.149. The normalized spacial score (nSPS) is 24.7. The minimum atomic E-state index is -0.118. The van der Waals surface area contributed by atoms with Crippen LogP contribution in [0, 0.1) is 17.8 Å². The van der Waals surface area contributed by atoms with E-state index in [1.165, 1.54) is 7.11 Å². The molecule has 0 amide bonds. The average molecular weight is 338 g/mol. The number of carbonyl (C=O) groups is 1. The second-order valence-corrected chi connectivity index (χ2v) is 6.46. The number of imidazole rings is 1. The number of aromatic nitrogens is 4. The number of fused-ring (bicyclic) bond motifs is 1. The molecule has 7 nitrogen and oxygen atoms in total. The molecule has 0 saturated heterocycles. The standard InChI is InChI=1S/C15H20ClN5O2/c1-8-9(4-3-5-10(8)14(22)23-2)6-21-7-18-11-12(17)19-15(16)20-13(11)21/h7-10H,3-6H2,1-2H3,(H2,17,19,20)/t8?,9-,10-/m0/s1. The molecule has 0 radical (unpaired) electrons. The van der Waals surface area contributed by atoms with E-state index in [0.29, 0.717) is 17.1 Å². The third-order valence-electron chi connectivity index (χ3n) is 4.87. The molecule has 124 valence electrons. The van der Waals surface area contributed by atoms with Crippen LogP contribution in [-0.4, -0.2) is 32.6 Å². The maximum Gasteiger partial charge on any atom is 0.308 e. The molecule has 2 heterocycles. The summed E-state index contributed by atoms with van der Waals surface area (Å²) in [6, 6.07) is 0. The number of nitrogen functional groups attached to an aromatic ring is 1. The Labute approximate surface area is 139 Å². The summed E-state index contributed by atoms with van der Waals surface area (Å²) >= 11 is 5.90. The topological polar surface area (TPSA) is 95.9 Å². The molecule has 8 heteroatoms. The molecule has 1 aliphatic carbocycles. The first kappa shape index (κ1) is 16.0. The zero-order chi connectivity index (χ0) is 16.6. The van der Waals surface area contributed by atoms with Crippen molar-refractivity contribution in [2.45, 2.75) is 32.7 Å². The largest absolute Gasteiger partial charge is 0.469 e. The Hall–Kier alpha value is -1.89. The van der Waals surface area contributed by atoms with Crippen LogP contribution in [-0.2, 0) is 16.1 Å². The van der Waals surface area contributed by atoms with E-state index in [4.69, 9.17) is 22.1 Å². The molecule has 1 aliphatic rings. The molecule has 23 heavy (non-hydrogen) atoms. The van der Waals surface area contributed by atoms with Gasteiger partial charge in [-0.3, -0.25) is 4.79 Å². The van der Waals surface area contributed by atoms with Gasteiger partial charge in [0.1, 0.15) is 5.52 Å². The fourth-order valence-corrected chi connectivity index (χ4v) is 3.69. The van der Waals surface area contributed by atoms with E-state index in [2.05, 4.69) is 21.9 Å². The Kier molecular flexibility index (Phi) is 4.39. The van der Waals surface area contributed by atoms with Crippen molar-refractivity contribution in [3.63, 3.8) is 0 Å². The summed E-state index contributed by atoms with van der Waals surface area (Å²) in [5.74, 6) is 0.704. The van der Waals surface area contributed by atoms with Crippen molar-refractivity contribution in [3.8, 4) is 0 Å². The lowest BCUT2D eigenvalue weighted by Gasteiger charge is -2.34. The van der Waals surface area contributed by atoms with E-state index in [0.717, 1.165) is 25.8 Å². The number of methoxy groups -OCH3 is 1. The van der Waals surface area contributed by atoms with Crippen molar-refractivity contribution < 1.29 is 9.53 Å². The fourth-order valence-electron chi connectivity index (χ4n) is 3.52. The van der Waals surface area contributed by atoms with Crippen LogP contribution in [0.5, 0.6) is 0 Å². The zero-order valence-corrected chi connectivity index (χ0v) is 14.0. The van der Waals surface area contributed by atoms with Gasteiger partial charge in [0.15, 0.2) is 11.5 Å². The van der Waals surface area contributed by atoms with Crippen LogP contribution >= 0.6 is 11.6 Å². The maximum atomic E-state index is 11.9. The molecule has 1 unspecified atom stereocenters. The maximum absolute atomic E-state index is 11.9. The van der Waals surface area contributed by atoms with Crippen molar-refractivity contribution in [3.05, 3.63) is 11.6 Å². The van der Waals surface area contributed by atoms with Gasteiger partial charge in [0.25, 0.3) is 0 Å². The molecular weight excluding hydrogens is 318 g/mol. The molecule has 0 aromatic carbocycles. The van der Waals surface area contributed by atoms with Crippen LogP contribution in [0.4, 0.5) is 5.82 Å². The van der Waals surface area contributed by atoms with Crippen LogP contribution < -0.4 is 5.73 Å². The van der Waals surface area contributed by atoms with E-state index in [9.17, 15) is 4.79 Å². The van der Waals surface area contributed by atoms with E-state index in [-0.39, 0.29) is 28.9 Å². The van der Waals surface area contributed by atoms with Gasteiger partial charge in [-0.25, -0.2) is 4.98 Å². The summed E-state index contributed by atoms with van der Waals surface area (Å²) in [7, 11) is 1.45. The summed E-state index contributed by atoms with van der Waals surface area (Å²) in [4.78, 5) is 24.4. The second kappa shape index (κ2) is 6.31. The van der Waals surface area contributed by atoms with Crippen molar-refractivity contribution in [2.75, 3.05) is 12.8 Å². The Morgan fingerprint density at radius 2 is 2.26 bits per heavy atom. The molecule has 1 saturated carbocycles. The lowest BCUT2D eigenvalue weighted by Crippen LogP contribution is -2.34. The van der Waals surface area contributed by atoms with Crippen molar-refractivity contribution in [1.29, 1.82) is 0 Å². The minimum Gasteiger partial charge on any atom is -0.469 e. The third kappa shape index (κ3) is 2.97. The van der Waals surface area contributed by atoms with E-state index in [1.54, 1.807) is 6.33 Å². The number of hydrogen-bond donors (Lipinski definition) is 1. The summed E-state index contributed by atoms with van der Waals surface area (Å²) < 4.78 is 6.88. The molecule has 3 rings (SSSR count). The SMILES string of the molecule is COC(=O)[C@H]1CCC[C@@H](Cn2cnc3c(N)nc(Cl)nc32)C1C. The molecule has 1 fully saturated rings. The number of esters is 1. The quantitative estimate of drug-likeness (QED) is 0.682. The number of rotatable bonds is 3. The summed E-state index contributed by atoms with van der Waals surface area (Å²) in [6.07, 6.45) is 4.67. The van der Waals surface area contributed by atoms with Crippen molar-refractivity contribution in [1.82, 2.24) is 19.5 Å². The van der Waals surface area contributed by atoms with Gasteiger partial charge >= 0.3 is 5.97 Å². The first-order chi connectivity index (χ1) is 11.0. The predicted octanol–water partition coefficient (Wildman–Crippen LogP) is 2.29. The van der Waals surface area contributed by atoms with Crippen molar-refractivity contribution >= 4 is 34.6 Å². The molecule has 0 bridgehead atoms. The van der Waals surface area contributed by atoms with Gasteiger partial charge in [0, 0.05) is 6.54 Å². The average Bonchev–Trinajstić information content (AvgIpc) is 2.92. The van der Waals surface area contributed by atoms with Gasteiger partial charge < -0.3 is 15.0 Å². The fraction of sp³-hybridized carbons (Fsp3) is 0.600. The summed E-state index contributed by atoms with van der Waals surface area (Å²) in [5.41, 5.74) is 7.03. The summed E-state index contributed by atoms with van der Waals surface area (Å²) in [6.45, 7) is 2.83. The van der Waals surface area contributed by atoms with E-state index >= 15 is 0 Å². The molecule has 0 spiro atoms. The second-order valence-electron chi connectivity index (χ2n) is 6.13. The van der Waals surface area contributed by atoms with Crippen LogP contribution in [0.15, 0.2) is 6.33 Å². The van der Waals surface area contributed by atoms with Gasteiger partial charge in [-0.05, 0) is 36.3 Å². The highest BCUT2D eigenvalue weighted by molar-refractivity contribution is 6.28. The number of nitrogens with zero attached hydrogens (tertiary/aromatic N) is 4. The van der Waals surface area contributed by atoms with Crippen LogP contribution in [0.1, 0.15) is 26.2 Å². The highest BCUT2D eigenvalue weighted by Crippen LogP contribution is 2.36. The summed E-state index contributed by atoms with van der Waals surface area (Å²) in [5, 5.41) is 0.112. The van der Waals surface area contributed by atoms with Gasteiger partial charge in [-0.2, -0.15) is 9.97 Å². The monoisotopic (exact) mass is 337 g/mol. The Morgan fingerprint density at radius 1 is 1.48 bits per heavy atom. The van der Waals surface area contributed by atoms with Crippen molar-refractivity contribution in [2.24, 2.45) is 17.8 Å². The Morgan fingerprint density at radius 3 is 3.00 bits per heavy atom. The first-order valence-corrected chi connectivity index (χ1v) is 8.10. The molecular formula is C15H20ClN5O2. The van der Waals surface area contributed by atoms with Crippen LogP contribution in [0.2, 0.25) is 5.28 Å². The highest BCUT2D eigenvalue weighted by atomic mass is 35.5. The highest BCUT2D eigenvalue weighted by Gasteiger charge is 2.35. The number of hydrogen-bond acceptors (Lipinski definition) is 6. The first-order valence-electron chi connectivity index (χ1n) is 7.73. The van der Waals surface area contributed by atoms with Crippen LogP contribution in [0.3, 0.4) is 0 Å². The smallest absolute Gasteiger partial charge is 0.308 e. The molecule has 2 aromatic rings. The van der Waals surface area contributed by atoms with Gasteiger partial charge in [-0.1, -0.05) is 13.3 Å². The molecule has 0 aliphatic heterocycles. The van der Waals surface area contributed by atoms with E-state index in [1.807, 2.05) is 4.57 Å². The van der Waals surface area contributed by atoms with Gasteiger partial charge in [0.05, 0.1) is 19.4 Å². The molecule has 3 atom stereocenters. The zero-order valence-electron chi connectivity index (χ0n) is 13.2. The number of halogens is 1. The number of ether oxygens (including phenoxy) is 1. The minimum absolute atomic E-state index is 0.0446.